The van der Waals surface area contributed by atoms with Gasteiger partial charge in [-0.05, 0) is 83.5 Å². The van der Waals surface area contributed by atoms with Gasteiger partial charge in [-0.1, -0.05) is 229 Å². The van der Waals surface area contributed by atoms with Crippen molar-refractivity contribution in [1.29, 1.82) is 0 Å². The molecule has 0 spiro atoms. The van der Waals surface area contributed by atoms with Crippen LogP contribution in [-0.2, 0) is 27.9 Å². The monoisotopic (exact) mass is 990 g/mol. The highest BCUT2D eigenvalue weighted by molar-refractivity contribution is 7.45. The van der Waals surface area contributed by atoms with Gasteiger partial charge in [0.15, 0.2) is 0 Å². The minimum Gasteiger partial charge on any atom is -0.756 e. The summed E-state index contributed by atoms with van der Waals surface area (Å²) in [6.45, 7) is 5.40. The second-order valence-electron chi connectivity index (χ2n) is 20.6. The Kier molecular flexibility index (Phi) is 51.2. The Morgan fingerprint density at radius 2 is 0.797 bits per heavy atom. The third-order valence-corrected chi connectivity index (χ3v) is 13.5. The molecule has 8 nitrogen and oxygen atoms in total. The molecule has 9 heteroatoms. The number of phosphoric ester groups is 1. The Balaban J connectivity index is 4.10. The third kappa shape index (κ3) is 57.0. The van der Waals surface area contributed by atoms with E-state index in [1.54, 1.807) is 0 Å². The molecule has 0 aromatic rings. The molecule has 0 fully saturated rings. The van der Waals surface area contributed by atoms with E-state index in [0.717, 1.165) is 57.8 Å². The van der Waals surface area contributed by atoms with Gasteiger partial charge in [0.1, 0.15) is 19.3 Å². The maximum Gasteiger partial charge on any atom is 0.306 e. The Morgan fingerprint density at radius 1 is 0.449 bits per heavy atom. The van der Waals surface area contributed by atoms with E-state index < -0.39 is 13.9 Å². The van der Waals surface area contributed by atoms with Crippen molar-refractivity contribution < 1.29 is 37.3 Å². The fraction of sp³-hybridized carbons (Fsp3) is 0.817. The summed E-state index contributed by atoms with van der Waals surface area (Å²) in [5.74, 6) is -0.337. The molecule has 2 unspecified atom stereocenters. The SMILES string of the molecule is CCCCCCC/C=C\C/C=C\C/C=C\CCCCCCCCCOCC(COP(=O)([O-])OCC[N+](C)(C)C)OC(=O)CCCCCCCCCCCCCCC/C=C\C/C=C\CCCCCCC. The van der Waals surface area contributed by atoms with Gasteiger partial charge in [0.2, 0.25) is 0 Å². The molecular formula is C60H112NO7P. The van der Waals surface area contributed by atoms with E-state index in [1.165, 1.54) is 180 Å². The lowest BCUT2D eigenvalue weighted by Gasteiger charge is -2.28. The lowest BCUT2D eigenvalue weighted by Crippen LogP contribution is -2.37. The molecule has 69 heavy (non-hydrogen) atoms. The van der Waals surface area contributed by atoms with Crippen LogP contribution in [0.25, 0.3) is 0 Å². The first-order valence-electron chi connectivity index (χ1n) is 29.0. The maximum atomic E-state index is 12.8. The molecular weight excluding hydrogens is 878 g/mol. The van der Waals surface area contributed by atoms with Crippen LogP contribution in [-0.4, -0.2) is 70.7 Å². The van der Waals surface area contributed by atoms with Crippen LogP contribution in [0.4, 0.5) is 0 Å². The summed E-state index contributed by atoms with van der Waals surface area (Å²) >= 11 is 0. The number of quaternary nitrogens is 1. The van der Waals surface area contributed by atoms with Gasteiger partial charge >= 0.3 is 5.97 Å². The lowest BCUT2D eigenvalue weighted by molar-refractivity contribution is -0.870. The van der Waals surface area contributed by atoms with Crippen molar-refractivity contribution in [3.63, 3.8) is 0 Å². The first kappa shape index (κ1) is 67.2. The van der Waals surface area contributed by atoms with Gasteiger partial charge < -0.3 is 27.9 Å². The Bertz CT molecular complexity index is 1290. The number of allylic oxidation sites excluding steroid dienone is 10. The lowest BCUT2D eigenvalue weighted by atomic mass is 10.0. The zero-order chi connectivity index (χ0) is 50.5. The van der Waals surface area contributed by atoms with E-state index >= 15 is 0 Å². The summed E-state index contributed by atoms with van der Waals surface area (Å²) < 4.78 is 34.8. The van der Waals surface area contributed by atoms with Crippen LogP contribution in [0.3, 0.4) is 0 Å². The minimum absolute atomic E-state index is 0.0223. The minimum atomic E-state index is -4.54. The second-order valence-corrected chi connectivity index (χ2v) is 22.1. The van der Waals surface area contributed by atoms with Gasteiger partial charge in [0, 0.05) is 13.0 Å². The van der Waals surface area contributed by atoms with Gasteiger partial charge in [-0.2, -0.15) is 0 Å². The number of rotatable bonds is 54. The zero-order valence-electron chi connectivity index (χ0n) is 46.0. The number of hydrogen-bond donors (Lipinski definition) is 0. The molecule has 0 saturated carbocycles. The second kappa shape index (κ2) is 52.5. The molecule has 2 atom stereocenters. The average molecular weight is 991 g/mol. The van der Waals surface area contributed by atoms with Crippen LogP contribution < -0.4 is 4.89 Å². The largest absolute Gasteiger partial charge is 0.756 e. The molecule has 0 aromatic heterocycles. The van der Waals surface area contributed by atoms with E-state index in [1.807, 2.05) is 21.1 Å². The molecule has 0 saturated heterocycles. The van der Waals surface area contributed by atoms with E-state index in [-0.39, 0.29) is 25.8 Å². The van der Waals surface area contributed by atoms with E-state index in [9.17, 15) is 14.3 Å². The molecule has 0 rings (SSSR count). The van der Waals surface area contributed by atoms with Gasteiger partial charge in [-0.25, -0.2) is 0 Å². The number of phosphoric acid groups is 1. The van der Waals surface area contributed by atoms with E-state index in [4.69, 9.17) is 18.5 Å². The summed E-state index contributed by atoms with van der Waals surface area (Å²) in [4.78, 5) is 25.3. The van der Waals surface area contributed by atoms with Crippen molar-refractivity contribution >= 4 is 13.8 Å². The Morgan fingerprint density at radius 3 is 1.19 bits per heavy atom. The van der Waals surface area contributed by atoms with Crippen molar-refractivity contribution in [3.8, 4) is 0 Å². The predicted octanol–water partition coefficient (Wildman–Crippen LogP) is 17.8. The molecule has 0 aliphatic rings. The molecule has 404 valence electrons. The summed E-state index contributed by atoms with van der Waals surface area (Å²) in [5.41, 5.74) is 0. The number of carbonyl (C=O) groups excluding carboxylic acids is 1. The molecule has 0 aromatic carbocycles. The molecule has 0 bridgehead atoms. The maximum absolute atomic E-state index is 12.8. The third-order valence-electron chi connectivity index (χ3n) is 12.5. The quantitative estimate of drug-likeness (QED) is 0.0197. The van der Waals surface area contributed by atoms with Crippen molar-refractivity contribution in [2.45, 2.75) is 264 Å². The van der Waals surface area contributed by atoms with Gasteiger partial charge in [0.25, 0.3) is 7.82 Å². The number of nitrogens with zero attached hydrogens (tertiary/aromatic N) is 1. The van der Waals surface area contributed by atoms with Crippen molar-refractivity contribution in [2.75, 3.05) is 54.1 Å². The molecule has 0 radical (unpaired) electrons. The van der Waals surface area contributed by atoms with Crippen LogP contribution >= 0.6 is 7.82 Å². The molecule has 0 aliphatic carbocycles. The number of carbonyl (C=O) groups is 1. The Labute approximate surface area is 428 Å². The number of hydrogen-bond acceptors (Lipinski definition) is 7. The topological polar surface area (TPSA) is 94.1 Å². The van der Waals surface area contributed by atoms with Gasteiger partial charge in [0.05, 0.1) is 34.4 Å². The highest BCUT2D eigenvalue weighted by Gasteiger charge is 2.20. The average Bonchev–Trinajstić information content (AvgIpc) is 3.31. The zero-order valence-corrected chi connectivity index (χ0v) is 46.9. The van der Waals surface area contributed by atoms with Gasteiger partial charge in [-0.3, -0.25) is 9.36 Å². The van der Waals surface area contributed by atoms with Crippen LogP contribution in [0, 0.1) is 0 Å². The fourth-order valence-electron chi connectivity index (χ4n) is 8.06. The fourth-order valence-corrected chi connectivity index (χ4v) is 8.78. The van der Waals surface area contributed by atoms with Crippen molar-refractivity contribution in [2.24, 2.45) is 0 Å². The van der Waals surface area contributed by atoms with E-state index in [0.29, 0.717) is 24.1 Å². The molecule has 0 aliphatic heterocycles. The highest BCUT2D eigenvalue weighted by atomic mass is 31.2. The first-order chi connectivity index (χ1) is 33.6. The summed E-state index contributed by atoms with van der Waals surface area (Å²) in [6.07, 6.45) is 68.3. The molecule has 0 N–H and O–H groups in total. The van der Waals surface area contributed by atoms with Crippen LogP contribution in [0.15, 0.2) is 60.8 Å². The predicted molar refractivity (Wildman–Crippen MR) is 296 cm³/mol. The summed E-state index contributed by atoms with van der Waals surface area (Å²) in [7, 11) is 1.35. The van der Waals surface area contributed by atoms with Crippen molar-refractivity contribution in [3.05, 3.63) is 60.8 Å². The number of unbranched alkanes of at least 4 members (excludes halogenated alkanes) is 30. The molecule has 0 amide bonds. The Hall–Kier alpha value is -1.80. The standard InChI is InChI=1S/C60H112NO7P/c1-6-8-10-12-14-16-18-20-22-24-26-28-30-31-32-33-35-37-39-41-43-45-47-49-51-53-60(62)68-59(58-67-69(63,64)66-56-54-61(3,4)5)57-65-55-52-50-48-46-44-42-40-38-36-34-29-27-25-23-21-19-17-15-13-11-9-7-2/h18-21,24-27,34,36,59H,6-17,22-23,28-33,35,37-58H2,1-5H3/b20-18-,21-19-,26-24-,27-25-,36-34-. The highest BCUT2D eigenvalue weighted by Crippen LogP contribution is 2.38. The number of ether oxygens (including phenoxy) is 2. The van der Waals surface area contributed by atoms with Crippen LogP contribution in [0.2, 0.25) is 0 Å². The number of likely N-dealkylation sites (N-methyl/N-ethyl adjacent to an activating group) is 1. The van der Waals surface area contributed by atoms with E-state index in [2.05, 4.69) is 74.6 Å². The summed E-state index contributed by atoms with van der Waals surface area (Å²) in [5, 5.41) is 0. The van der Waals surface area contributed by atoms with Crippen LogP contribution in [0.5, 0.6) is 0 Å². The summed E-state index contributed by atoms with van der Waals surface area (Å²) in [6, 6.07) is 0. The first-order valence-corrected chi connectivity index (χ1v) is 30.5. The van der Waals surface area contributed by atoms with Crippen molar-refractivity contribution in [1.82, 2.24) is 0 Å². The molecule has 0 heterocycles. The van der Waals surface area contributed by atoms with Crippen LogP contribution in [0.1, 0.15) is 258 Å². The number of esters is 1. The normalized spacial score (nSPS) is 13.9. The smallest absolute Gasteiger partial charge is 0.306 e. The van der Waals surface area contributed by atoms with Gasteiger partial charge in [-0.15, -0.1) is 0 Å².